The number of benzene rings is 1. The van der Waals surface area contributed by atoms with Gasteiger partial charge < -0.3 is 11.1 Å². The first kappa shape index (κ1) is 14.5. The molecule has 0 atom stereocenters. The Labute approximate surface area is 139 Å². The third-order valence-electron chi connectivity index (χ3n) is 2.86. The Kier molecular flexibility index (Phi) is 3.95. The van der Waals surface area contributed by atoms with E-state index in [0.29, 0.717) is 21.2 Å². The first-order valence-corrected chi connectivity index (χ1v) is 8.40. The molecule has 3 nitrogen and oxygen atoms in total. The number of thiocarbonyl (C=S) groups is 1. The van der Waals surface area contributed by atoms with Gasteiger partial charge in [-0.15, -0.1) is 22.7 Å². The molecule has 1 aromatic carbocycles. The summed E-state index contributed by atoms with van der Waals surface area (Å²) >= 11 is 14.0. The SMILES string of the molecule is NC(=S)c1ccc(Cl)cc1NC(=O)c1cc2sccc2s1. The number of carbonyl (C=O) groups is 1. The van der Waals surface area contributed by atoms with Gasteiger partial charge in [0, 0.05) is 20.0 Å². The van der Waals surface area contributed by atoms with Crippen LogP contribution in [0.15, 0.2) is 35.7 Å². The van der Waals surface area contributed by atoms with Gasteiger partial charge in [0.1, 0.15) is 4.99 Å². The van der Waals surface area contributed by atoms with Gasteiger partial charge in [-0.3, -0.25) is 4.79 Å². The monoisotopic (exact) mass is 352 g/mol. The highest BCUT2D eigenvalue weighted by atomic mass is 35.5. The third-order valence-corrected chi connectivity index (χ3v) is 5.41. The fourth-order valence-electron chi connectivity index (χ4n) is 1.90. The number of carbonyl (C=O) groups excluding carboxylic acids is 1. The molecule has 0 spiro atoms. The highest BCUT2D eigenvalue weighted by Crippen LogP contribution is 2.31. The van der Waals surface area contributed by atoms with Crippen molar-refractivity contribution in [1.29, 1.82) is 0 Å². The molecule has 0 aliphatic rings. The van der Waals surface area contributed by atoms with Crippen LogP contribution >= 0.6 is 46.5 Å². The van der Waals surface area contributed by atoms with Gasteiger partial charge in [-0.25, -0.2) is 0 Å². The van der Waals surface area contributed by atoms with Crippen LogP contribution in [0, 0.1) is 0 Å². The van der Waals surface area contributed by atoms with Crippen LogP contribution in [0.2, 0.25) is 5.02 Å². The second kappa shape index (κ2) is 5.73. The van der Waals surface area contributed by atoms with Gasteiger partial charge in [-0.2, -0.15) is 0 Å². The highest BCUT2D eigenvalue weighted by molar-refractivity contribution is 7.80. The Morgan fingerprint density at radius 2 is 2.05 bits per heavy atom. The van der Waals surface area contributed by atoms with Crippen LogP contribution in [-0.2, 0) is 0 Å². The van der Waals surface area contributed by atoms with Crippen LogP contribution in [0.3, 0.4) is 0 Å². The molecular formula is C14H9ClN2OS3. The van der Waals surface area contributed by atoms with Crippen molar-refractivity contribution in [2.24, 2.45) is 5.73 Å². The summed E-state index contributed by atoms with van der Waals surface area (Å²) in [6.45, 7) is 0. The molecule has 0 saturated heterocycles. The largest absolute Gasteiger partial charge is 0.389 e. The number of amides is 1. The van der Waals surface area contributed by atoms with Crippen molar-refractivity contribution in [3.63, 3.8) is 0 Å². The zero-order valence-electron chi connectivity index (χ0n) is 10.6. The molecule has 3 N–H and O–H groups in total. The summed E-state index contributed by atoms with van der Waals surface area (Å²) in [5, 5.41) is 5.34. The van der Waals surface area contributed by atoms with Crippen molar-refractivity contribution in [1.82, 2.24) is 0 Å². The molecule has 1 amide bonds. The lowest BCUT2D eigenvalue weighted by Crippen LogP contribution is -2.16. The molecule has 3 rings (SSSR count). The second-order valence-electron chi connectivity index (χ2n) is 4.27. The van der Waals surface area contributed by atoms with Crippen molar-refractivity contribution < 1.29 is 4.79 Å². The average molecular weight is 353 g/mol. The number of anilines is 1. The van der Waals surface area contributed by atoms with E-state index in [0.717, 1.165) is 9.40 Å². The molecular weight excluding hydrogens is 344 g/mol. The van der Waals surface area contributed by atoms with E-state index in [4.69, 9.17) is 29.6 Å². The Bertz CT molecular complexity index is 824. The Morgan fingerprint density at radius 1 is 1.24 bits per heavy atom. The molecule has 21 heavy (non-hydrogen) atoms. The van der Waals surface area contributed by atoms with Crippen molar-refractivity contribution in [3.05, 3.63) is 51.2 Å². The number of halogens is 1. The van der Waals surface area contributed by atoms with Crippen molar-refractivity contribution in [2.75, 3.05) is 5.32 Å². The maximum absolute atomic E-state index is 12.3. The van der Waals surface area contributed by atoms with Gasteiger partial charge in [0.2, 0.25) is 0 Å². The van der Waals surface area contributed by atoms with Gasteiger partial charge in [0.15, 0.2) is 0 Å². The van der Waals surface area contributed by atoms with Crippen molar-refractivity contribution in [2.45, 2.75) is 0 Å². The normalized spacial score (nSPS) is 10.7. The van der Waals surface area contributed by atoms with Gasteiger partial charge in [0.05, 0.1) is 10.6 Å². The first-order valence-electron chi connectivity index (χ1n) is 5.92. The zero-order valence-corrected chi connectivity index (χ0v) is 13.8. The molecule has 0 radical (unpaired) electrons. The molecule has 3 aromatic rings. The predicted octanol–water partition coefficient (Wildman–Crippen LogP) is 4.50. The molecule has 0 aliphatic carbocycles. The average Bonchev–Trinajstić information content (AvgIpc) is 2.98. The quantitative estimate of drug-likeness (QED) is 0.682. The summed E-state index contributed by atoms with van der Waals surface area (Å²) in [5.41, 5.74) is 6.79. The predicted molar refractivity (Wildman–Crippen MR) is 95.0 cm³/mol. The minimum absolute atomic E-state index is 0.192. The highest BCUT2D eigenvalue weighted by Gasteiger charge is 2.14. The molecule has 0 bridgehead atoms. The van der Waals surface area contributed by atoms with E-state index in [2.05, 4.69) is 5.32 Å². The molecule has 0 unspecified atom stereocenters. The summed E-state index contributed by atoms with van der Waals surface area (Å²) in [6, 6.07) is 8.91. The summed E-state index contributed by atoms with van der Waals surface area (Å²) in [7, 11) is 0. The number of rotatable bonds is 3. The molecule has 0 fully saturated rings. The van der Waals surface area contributed by atoms with Crippen LogP contribution < -0.4 is 11.1 Å². The lowest BCUT2D eigenvalue weighted by Gasteiger charge is -2.09. The van der Waals surface area contributed by atoms with Crippen molar-refractivity contribution >= 4 is 72.5 Å². The van der Waals surface area contributed by atoms with E-state index in [1.807, 2.05) is 17.5 Å². The van der Waals surface area contributed by atoms with Gasteiger partial charge in [-0.05, 0) is 35.7 Å². The molecule has 0 saturated carbocycles. The molecule has 106 valence electrons. The smallest absolute Gasteiger partial charge is 0.265 e. The zero-order chi connectivity index (χ0) is 15.0. The van der Waals surface area contributed by atoms with Crippen LogP contribution in [-0.4, -0.2) is 10.9 Å². The first-order chi connectivity index (χ1) is 10.0. The molecule has 0 aliphatic heterocycles. The summed E-state index contributed by atoms with van der Waals surface area (Å²) in [4.78, 5) is 13.2. The fraction of sp³-hybridized carbons (Fsp3) is 0. The number of fused-ring (bicyclic) bond motifs is 1. The molecule has 2 aromatic heterocycles. The summed E-state index contributed by atoms with van der Waals surface area (Å²) < 4.78 is 2.21. The minimum atomic E-state index is -0.192. The number of thiophene rings is 2. The number of nitrogens with two attached hydrogens (primary N) is 1. The van der Waals surface area contributed by atoms with E-state index >= 15 is 0 Å². The van der Waals surface area contributed by atoms with E-state index < -0.39 is 0 Å². The number of hydrogen-bond acceptors (Lipinski definition) is 4. The van der Waals surface area contributed by atoms with Gasteiger partial charge >= 0.3 is 0 Å². The van der Waals surface area contributed by atoms with E-state index in [1.54, 1.807) is 29.5 Å². The Morgan fingerprint density at radius 3 is 2.76 bits per heavy atom. The fourth-order valence-corrected chi connectivity index (χ4v) is 4.25. The third kappa shape index (κ3) is 2.94. The second-order valence-corrected chi connectivity index (χ2v) is 7.18. The van der Waals surface area contributed by atoms with Gasteiger partial charge in [-0.1, -0.05) is 23.8 Å². The summed E-state index contributed by atoms with van der Waals surface area (Å²) in [6.07, 6.45) is 0. The van der Waals surface area contributed by atoms with Gasteiger partial charge in [0.25, 0.3) is 5.91 Å². The van der Waals surface area contributed by atoms with Crippen LogP contribution in [0.5, 0.6) is 0 Å². The van der Waals surface area contributed by atoms with E-state index in [1.165, 1.54) is 11.3 Å². The Hall–Kier alpha value is -1.47. The number of nitrogens with one attached hydrogen (secondary N) is 1. The van der Waals surface area contributed by atoms with E-state index in [-0.39, 0.29) is 10.9 Å². The lowest BCUT2D eigenvalue weighted by atomic mass is 10.1. The topological polar surface area (TPSA) is 55.1 Å². The Balaban J connectivity index is 1.92. The molecule has 7 heteroatoms. The van der Waals surface area contributed by atoms with Crippen LogP contribution in [0.25, 0.3) is 9.40 Å². The maximum Gasteiger partial charge on any atom is 0.265 e. The minimum Gasteiger partial charge on any atom is -0.389 e. The standard InChI is InChI=1S/C14H9ClN2OS3/c15-7-1-2-8(13(16)19)9(5-7)17-14(18)12-6-11-10(21-12)3-4-20-11/h1-6H,(H2,16,19)(H,17,18). The molecule has 2 heterocycles. The maximum atomic E-state index is 12.3. The van der Waals surface area contributed by atoms with Crippen LogP contribution in [0.4, 0.5) is 5.69 Å². The van der Waals surface area contributed by atoms with Crippen LogP contribution in [0.1, 0.15) is 15.2 Å². The summed E-state index contributed by atoms with van der Waals surface area (Å²) in [5.74, 6) is -0.192. The van der Waals surface area contributed by atoms with E-state index in [9.17, 15) is 4.79 Å². The number of hydrogen-bond donors (Lipinski definition) is 2. The van der Waals surface area contributed by atoms with Crippen molar-refractivity contribution in [3.8, 4) is 0 Å². The lowest BCUT2D eigenvalue weighted by molar-refractivity contribution is 0.103.